The highest BCUT2D eigenvalue weighted by Crippen LogP contribution is 2.27. The van der Waals surface area contributed by atoms with Crippen LogP contribution in [-0.2, 0) is 6.61 Å². The lowest BCUT2D eigenvalue weighted by atomic mass is 10.1. The van der Waals surface area contributed by atoms with Crippen LogP contribution in [0.2, 0.25) is 0 Å². The zero-order valence-electron chi connectivity index (χ0n) is 11.0. The Bertz CT molecular complexity index is 389. The van der Waals surface area contributed by atoms with Gasteiger partial charge in [-0.2, -0.15) is 0 Å². The molecule has 0 bridgehead atoms. The number of nitrogens with zero attached hydrogens (tertiary/aromatic N) is 2. The van der Waals surface area contributed by atoms with E-state index in [0.29, 0.717) is 12.6 Å². The third-order valence-corrected chi connectivity index (χ3v) is 3.58. The van der Waals surface area contributed by atoms with E-state index in [1.165, 1.54) is 25.7 Å². The molecule has 0 amide bonds. The molecule has 0 aliphatic heterocycles. The summed E-state index contributed by atoms with van der Waals surface area (Å²) in [7, 11) is 0. The summed E-state index contributed by atoms with van der Waals surface area (Å²) in [5.41, 5.74) is 1.80. The molecule has 4 heteroatoms. The minimum Gasteiger partial charge on any atom is -0.395 e. The monoisotopic (exact) mass is 250 g/mol. The van der Waals surface area contributed by atoms with E-state index >= 15 is 0 Å². The number of hydrogen-bond donors (Lipinski definition) is 2. The van der Waals surface area contributed by atoms with Gasteiger partial charge >= 0.3 is 0 Å². The SMILES string of the molecule is Cc1cc(CO)cc(N(CCO)C2CCCC2)n1. The zero-order chi connectivity index (χ0) is 13.0. The molecule has 1 aliphatic carbocycles. The van der Waals surface area contributed by atoms with Crippen LogP contribution in [0.5, 0.6) is 0 Å². The van der Waals surface area contributed by atoms with E-state index in [1.54, 1.807) is 0 Å². The number of aliphatic hydroxyl groups is 2. The molecule has 1 saturated carbocycles. The molecular formula is C14H22N2O2. The van der Waals surface area contributed by atoms with Gasteiger partial charge in [-0.1, -0.05) is 12.8 Å². The Morgan fingerprint density at radius 1 is 1.28 bits per heavy atom. The third-order valence-electron chi connectivity index (χ3n) is 3.58. The number of rotatable bonds is 5. The molecule has 1 aromatic rings. The average molecular weight is 250 g/mol. The van der Waals surface area contributed by atoms with Gasteiger partial charge in [0.25, 0.3) is 0 Å². The van der Waals surface area contributed by atoms with Crippen LogP contribution in [0.4, 0.5) is 5.82 Å². The highest BCUT2D eigenvalue weighted by Gasteiger charge is 2.23. The molecule has 0 saturated heterocycles. The van der Waals surface area contributed by atoms with E-state index in [2.05, 4.69) is 9.88 Å². The quantitative estimate of drug-likeness (QED) is 0.834. The van der Waals surface area contributed by atoms with Gasteiger partial charge in [-0.25, -0.2) is 4.98 Å². The Kier molecular flexibility index (Phi) is 4.55. The molecule has 0 radical (unpaired) electrons. The number of aromatic nitrogens is 1. The van der Waals surface area contributed by atoms with Gasteiger partial charge in [0.1, 0.15) is 5.82 Å². The van der Waals surface area contributed by atoms with Crippen LogP contribution in [0.15, 0.2) is 12.1 Å². The minimum atomic E-state index is 0.0357. The Labute approximate surface area is 108 Å². The van der Waals surface area contributed by atoms with E-state index in [9.17, 15) is 10.2 Å². The number of aliphatic hydroxyl groups excluding tert-OH is 2. The molecule has 0 atom stereocenters. The first-order chi connectivity index (χ1) is 8.74. The lowest BCUT2D eigenvalue weighted by molar-refractivity contribution is 0.281. The number of pyridine rings is 1. The van der Waals surface area contributed by atoms with Gasteiger partial charge in [-0.15, -0.1) is 0 Å². The molecule has 1 heterocycles. The first-order valence-electron chi connectivity index (χ1n) is 6.70. The van der Waals surface area contributed by atoms with Crippen LogP contribution in [0.1, 0.15) is 36.9 Å². The van der Waals surface area contributed by atoms with Crippen molar-refractivity contribution in [2.24, 2.45) is 0 Å². The topological polar surface area (TPSA) is 56.6 Å². The van der Waals surface area contributed by atoms with Crippen molar-refractivity contribution in [3.05, 3.63) is 23.4 Å². The zero-order valence-corrected chi connectivity index (χ0v) is 11.0. The second kappa shape index (κ2) is 6.16. The Balaban J connectivity index is 2.25. The van der Waals surface area contributed by atoms with Crippen molar-refractivity contribution in [3.63, 3.8) is 0 Å². The van der Waals surface area contributed by atoms with Gasteiger partial charge in [0.15, 0.2) is 0 Å². The normalized spacial score (nSPS) is 16.2. The fourth-order valence-electron chi connectivity index (χ4n) is 2.77. The summed E-state index contributed by atoms with van der Waals surface area (Å²) in [6.07, 6.45) is 4.85. The Hall–Kier alpha value is -1.13. The largest absolute Gasteiger partial charge is 0.395 e. The smallest absolute Gasteiger partial charge is 0.129 e. The standard InChI is InChI=1S/C14H22N2O2/c1-11-8-12(10-18)9-14(15-11)16(6-7-17)13-4-2-3-5-13/h8-9,13,17-18H,2-7,10H2,1H3. The van der Waals surface area contributed by atoms with Crippen LogP contribution in [-0.4, -0.2) is 34.4 Å². The van der Waals surface area contributed by atoms with E-state index < -0.39 is 0 Å². The van der Waals surface area contributed by atoms with Gasteiger partial charge in [-0.05, 0) is 37.5 Å². The molecule has 2 N–H and O–H groups in total. The Morgan fingerprint density at radius 3 is 2.61 bits per heavy atom. The highest BCUT2D eigenvalue weighted by atomic mass is 16.3. The van der Waals surface area contributed by atoms with Crippen molar-refractivity contribution in [3.8, 4) is 0 Å². The minimum absolute atomic E-state index is 0.0357. The van der Waals surface area contributed by atoms with E-state index in [1.807, 2.05) is 19.1 Å². The predicted octanol–water partition coefficient (Wildman–Crippen LogP) is 1.62. The van der Waals surface area contributed by atoms with Crippen LogP contribution >= 0.6 is 0 Å². The van der Waals surface area contributed by atoms with Crippen LogP contribution < -0.4 is 4.90 Å². The van der Waals surface area contributed by atoms with Crippen LogP contribution in [0.25, 0.3) is 0 Å². The van der Waals surface area contributed by atoms with Gasteiger partial charge < -0.3 is 15.1 Å². The van der Waals surface area contributed by atoms with Crippen molar-refractivity contribution in [1.29, 1.82) is 0 Å². The first-order valence-corrected chi connectivity index (χ1v) is 6.70. The van der Waals surface area contributed by atoms with Crippen molar-refractivity contribution >= 4 is 5.82 Å². The van der Waals surface area contributed by atoms with Gasteiger partial charge in [0, 0.05) is 18.3 Å². The molecule has 100 valence electrons. The average Bonchev–Trinajstić information content (AvgIpc) is 2.88. The van der Waals surface area contributed by atoms with Crippen LogP contribution in [0.3, 0.4) is 0 Å². The second-order valence-corrected chi connectivity index (χ2v) is 4.99. The summed E-state index contributed by atoms with van der Waals surface area (Å²) in [5, 5.41) is 18.5. The molecule has 0 aromatic carbocycles. The van der Waals surface area contributed by atoms with Crippen molar-refractivity contribution in [2.45, 2.75) is 45.3 Å². The van der Waals surface area contributed by atoms with Crippen LogP contribution in [0, 0.1) is 6.92 Å². The van der Waals surface area contributed by atoms with Gasteiger partial charge in [0.05, 0.1) is 13.2 Å². The fraction of sp³-hybridized carbons (Fsp3) is 0.643. The second-order valence-electron chi connectivity index (χ2n) is 4.99. The molecule has 2 rings (SSSR count). The lowest BCUT2D eigenvalue weighted by Crippen LogP contribution is -2.36. The summed E-state index contributed by atoms with van der Waals surface area (Å²) in [6, 6.07) is 4.31. The molecule has 4 nitrogen and oxygen atoms in total. The maximum Gasteiger partial charge on any atom is 0.129 e. The van der Waals surface area contributed by atoms with Gasteiger partial charge in [-0.3, -0.25) is 0 Å². The first kappa shape index (κ1) is 13.3. The van der Waals surface area contributed by atoms with Crippen molar-refractivity contribution < 1.29 is 10.2 Å². The lowest BCUT2D eigenvalue weighted by Gasteiger charge is -2.30. The van der Waals surface area contributed by atoms with Crippen molar-refractivity contribution in [2.75, 3.05) is 18.1 Å². The number of anilines is 1. The summed E-state index contributed by atoms with van der Waals surface area (Å²) in [4.78, 5) is 6.74. The maximum atomic E-state index is 9.27. The molecule has 1 aromatic heterocycles. The summed E-state index contributed by atoms with van der Waals surface area (Å²) < 4.78 is 0. The van der Waals surface area contributed by atoms with E-state index in [4.69, 9.17) is 0 Å². The molecule has 0 unspecified atom stereocenters. The summed E-state index contributed by atoms with van der Waals surface area (Å²) >= 11 is 0. The molecule has 18 heavy (non-hydrogen) atoms. The maximum absolute atomic E-state index is 9.27. The highest BCUT2D eigenvalue weighted by molar-refractivity contribution is 5.44. The molecule has 1 fully saturated rings. The molecule has 0 spiro atoms. The molecule has 1 aliphatic rings. The summed E-state index contributed by atoms with van der Waals surface area (Å²) in [6.45, 7) is 2.73. The number of hydrogen-bond acceptors (Lipinski definition) is 4. The van der Waals surface area contributed by atoms with Gasteiger partial charge in [0.2, 0.25) is 0 Å². The summed E-state index contributed by atoms with van der Waals surface area (Å²) in [5.74, 6) is 0.889. The van der Waals surface area contributed by atoms with E-state index in [-0.39, 0.29) is 13.2 Å². The van der Waals surface area contributed by atoms with Crippen molar-refractivity contribution in [1.82, 2.24) is 4.98 Å². The van der Waals surface area contributed by atoms with E-state index in [0.717, 1.165) is 17.1 Å². The predicted molar refractivity (Wildman–Crippen MR) is 71.6 cm³/mol. The molecular weight excluding hydrogens is 228 g/mol. The fourth-order valence-corrected chi connectivity index (χ4v) is 2.77. The number of aryl methyl sites for hydroxylation is 1. The Morgan fingerprint density at radius 2 is 2.00 bits per heavy atom. The third kappa shape index (κ3) is 3.00.